The Hall–Kier alpha value is -3.39. The van der Waals surface area contributed by atoms with Crippen LogP contribution in [0.3, 0.4) is 0 Å². The summed E-state index contributed by atoms with van der Waals surface area (Å²) in [4.78, 5) is 33.3. The molecule has 7 nitrogen and oxygen atoms in total. The fourth-order valence-corrected chi connectivity index (χ4v) is 4.36. The van der Waals surface area contributed by atoms with E-state index in [9.17, 15) is 9.59 Å². The number of benzene rings is 2. The topological polar surface area (TPSA) is 72.0 Å². The van der Waals surface area contributed by atoms with Crippen LogP contribution in [0.15, 0.2) is 47.8 Å². The molecule has 3 amide bonds. The Kier molecular flexibility index (Phi) is 5.65. The molecule has 160 valence electrons. The lowest BCUT2D eigenvalue weighted by molar-refractivity contribution is -0.127. The minimum atomic E-state index is -0.556. The number of urea groups is 1. The zero-order valence-electron chi connectivity index (χ0n) is 17.8. The molecule has 1 atom stereocenters. The predicted molar refractivity (Wildman–Crippen MR) is 120 cm³/mol. The van der Waals surface area contributed by atoms with Crippen molar-refractivity contribution < 1.29 is 19.1 Å². The van der Waals surface area contributed by atoms with Crippen molar-refractivity contribution in [2.24, 2.45) is 0 Å². The molecule has 0 bridgehead atoms. The van der Waals surface area contributed by atoms with Crippen LogP contribution < -0.4 is 14.4 Å². The molecule has 2 aromatic carbocycles. The first-order chi connectivity index (χ1) is 14.9. The number of ether oxygens (including phenoxy) is 2. The molecule has 1 aromatic heterocycles. The number of thiazole rings is 1. The van der Waals surface area contributed by atoms with E-state index in [1.165, 1.54) is 21.1 Å². The van der Waals surface area contributed by atoms with Gasteiger partial charge in [-0.15, -0.1) is 11.3 Å². The van der Waals surface area contributed by atoms with Crippen molar-refractivity contribution in [1.29, 1.82) is 0 Å². The molecular formula is C23H23N3O4S. The molecule has 1 aliphatic rings. The Bertz CT molecular complexity index is 1130. The lowest BCUT2D eigenvalue weighted by Crippen LogP contribution is -2.33. The zero-order valence-corrected chi connectivity index (χ0v) is 18.6. The van der Waals surface area contributed by atoms with Crippen LogP contribution in [0.25, 0.3) is 10.6 Å². The van der Waals surface area contributed by atoms with E-state index in [0.717, 1.165) is 16.1 Å². The third-order valence-corrected chi connectivity index (χ3v) is 6.20. The number of hydrogen-bond donors (Lipinski definition) is 0. The summed E-state index contributed by atoms with van der Waals surface area (Å²) in [5, 5.41) is 2.64. The van der Waals surface area contributed by atoms with Gasteiger partial charge in [0.1, 0.15) is 11.0 Å². The van der Waals surface area contributed by atoms with Gasteiger partial charge in [0, 0.05) is 16.6 Å². The molecule has 1 aliphatic heterocycles. The Morgan fingerprint density at radius 1 is 1.03 bits per heavy atom. The molecule has 3 aromatic rings. The molecule has 31 heavy (non-hydrogen) atoms. The number of aryl methyl sites for hydroxylation is 1. The Morgan fingerprint density at radius 2 is 1.74 bits per heavy atom. The smallest absolute Gasteiger partial charge is 0.332 e. The second kappa shape index (κ2) is 8.39. The van der Waals surface area contributed by atoms with Crippen molar-refractivity contribution in [2.75, 3.05) is 19.1 Å². The van der Waals surface area contributed by atoms with Crippen LogP contribution in [-0.2, 0) is 11.3 Å². The van der Waals surface area contributed by atoms with E-state index in [2.05, 4.69) is 4.98 Å². The summed E-state index contributed by atoms with van der Waals surface area (Å²) in [5.41, 5.74) is 3.34. The quantitative estimate of drug-likeness (QED) is 0.531. The Morgan fingerprint density at radius 3 is 2.42 bits per heavy atom. The minimum absolute atomic E-state index is 0.133. The lowest BCUT2D eigenvalue weighted by Gasteiger charge is -2.19. The number of carbonyl (C=O) groups is 2. The van der Waals surface area contributed by atoms with Gasteiger partial charge >= 0.3 is 6.03 Å². The minimum Gasteiger partial charge on any atom is -0.493 e. The van der Waals surface area contributed by atoms with E-state index in [1.807, 2.05) is 54.8 Å². The van der Waals surface area contributed by atoms with Crippen molar-refractivity contribution in [2.45, 2.75) is 26.4 Å². The van der Waals surface area contributed by atoms with E-state index >= 15 is 0 Å². The van der Waals surface area contributed by atoms with Gasteiger partial charge in [-0.1, -0.05) is 17.7 Å². The maximum absolute atomic E-state index is 13.0. The van der Waals surface area contributed by atoms with Crippen LogP contribution in [0.1, 0.15) is 18.2 Å². The maximum Gasteiger partial charge on any atom is 0.332 e. The van der Waals surface area contributed by atoms with Crippen LogP contribution >= 0.6 is 11.3 Å². The summed E-state index contributed by atoms with van der Waals surface area (Å²) < 4.78 is 10.6. The van der Waals surface area contributed by atoms with Crippen LogP contribution in [0, 0.1) is 6.92 Å². The zero-order chi connectivity index (χ0) is 22.1. The Labute approximate surface area is 184 Å². The summed E-state index contributed by atoms with van der Waals surface area (Å²) >= 11 is 1.45. The Balaban J connectivity index is 1.55. The van der Waals surface area contributed by atoms with Crippen LogP contribution in [0.4, 0.5) is 10.5 Å². The SMILES string of the molecule is COc1ccc(-c2nc(CN3C(=O)[C@H](C)N(c4ccc(C)cc4)C3=O)cs2)cc1OC. The molecule has 0 N–H and O–H groups in total. The first kappa shape index (κ1) is 20.9. The number of amides is 3. The van der Waals surface area contributed by atoms with E-state index in [1.54, 1.807) is 21.1 Å². The fourth-order valence-electron chi connectivity index (χ4n) is 3.55. The molecule has 1 fully saturated rings. The number of hydrogen-bond acceptors (Lipinski definition) is 6. The van der Waals surface area contributed by atoms with Crippen LogP contribution in [-0.4, -0.2) is 42.1 Å². The molecule has 0 saturated carbocycles. The molecule has 0 spiro atoms. The summed E-state index contributed by atoms with van der Waals surface area (Å²) in [6.45, 7) is 3.86. The number of carbonyl (C=O) groups excluding carboxylic acids is 2. The second-order valence-electron chi connectivity index (χ2n) is 7.30. The fraction of sp³-hybridized carbons (Fsp3) is 0.261. The molecular weight excluding hydrogens is 414 g/mol. The summed E-state index contributed by atoms with van der Waals surface area (Å²) in [7, 11) is 3.17. The summed E-state index contributed by atoms with van der Waals surface area (Å²) in [5.74, 6) is 1.02. The second-order valence-corrected chi connectivity index (χ2v) is 8.16. The number of anilines is 1. The number of nitrogens with zero attached hydrogens (tertiary/aromatic N) is 3. The van der Waals surface area contributed by atoms with Crippen molar-refractivity contribution in [3.05, 3.63) is 59.1 Å². The number of rotatable bonds is 6. The molecule has 2 heterocycles. The predicted octanol–water partition coefficient (Wildman–Crippen LogP) is 4.49. The highest BCUT2D eigenvalue weighted by molar-refractivity contribution is 7.13. The van der Waals surface area contributed by atoms with E-state index in [4.69, 9.17) is 9.47 Å². The van der Waals surface area contributed by atoms with E-state index in [-0.39, 0.29) is 18.5 Å². The largest absolute Gasteiger partial charge is 0.493 e. The summed E-state index contributed by atoms with van der Waals surface area (Å²) in [6.07, 6.45) is 0. The lowest BCUT2D eigenvalue weighted by atomic mass is 10.2. The van der Waals surface area contributed by atoms with Gasteiger partial charge < -0.3 is 9.47 Å². The molecule has 0 aliphatic carbocycles. The van der Waals surface area contributed by atoms with Crippen molar-refractivity contribution >= 4 is 29.0 Å². The first-order valence-electron chi connectivity index (χ1n) is 9.81. The monoisotopic (exact) mass is 437 g/mol. The summed E-state index contributed by atoms with van der Waals surface area (Å²) in [6, 6.07) is 12.3. The van der Waals surface area contributed by atoms with E-state index in [0.29, 0.717) is 22.9 Å². The highest BCUT2D eigenvalue weighted by Crippen LogP contribution is 2.34. The number of aromatic nitrogens is 1. The molecule has 0 radical (unpaired) electrons. The first-order valence-corrected chi connectivity index (χ1v) is 10.7. The average Bonchev–Trinajstić information content (AvgIpc) is 3.33. The maximum atomic E-state index is 13.0. The van der Waals surface area contributed by atoms with Gasteiger partial charge in [-0.25, -0.2) is 9.78 Å². The van der Waals surface area contributed by atoms with Crippen molar-refractivity contribution in [1.82, 2.24) is 9.88 Å². The van der Waals surface area contributed by atoms with Gasteiger partial charge in [-0.05, 0) is 44.2 Å². The molecule has 0 unspecified atom stereocenters. The van der Waals surface area contributed by atoms with Crippen LogP contribution in [0.2, 0.25) is 0 Å². The van der Waals surface area contributed by atoms with Gasteiger partial charge in [-0.2, -0.15) is 0 Å². The van der Waals surface area contributed by atoms with Crippen molar-refractivity contribution in [3.8, 4) is 22.1 Å². The van der Waals surface area contributed by atoms with Crippen molar-refractivity contribution in [3.63, 3.8) is 0 Å². The van der Waals surface area contributed by atoms with Crippen LogP contribution in [0.5, 0.6) is 11.5 Å². The number of methoxy groups -OCH3 is 2. The molecule has 1 saturated heterocycles. The molecule has 8 heteroatoms. The van der Waals surface area contributed by atoms with Gasteiger partial charge in [0.05, 0.1) is 26.5 Å². The normalized spacial score (nSPS) is 16.2. The standard InChI is InChI=1S/C23H23N3O4S/c1-14-5-8-18(9-6-14)26-15(2)22(27)25(23(26)28)12-17-13-31-21(24-17)16-7-10-19(29-3)20(11-16)30-4/h5-11,13,15H,12H2,1-4H3/t15-/m0/s1. The average molecular weight is 438 g/mol. The van der Waals surface area contributed by atoms with Gasteiger partial charge in [0.2, 0.25) is 0 Å². The highest BCUT2D eigenvalue weighted by Gasteiger charge is 2.43. The van der Waals surface area contributed by atoms with Gasteiger partial charge in [0.15, 0.2) is 11.5 Å². The third kappa shape index (κ3) is 3.86. The number of imide groups is 1. The molecule has 4 rings (SSSR count). The van der Waals surface area contributed by atoms with Gasteiger partial charge in [0.25, 0.3) is 5.91 Å². The van der Waals surface area contributed by atoms with E-state index < -0.39 is 6.04 Å². The highest BCUT2D eigenvalue weighted by atomic mass is 32.1. The third-order valence-electron chi connectivity index (χ3n) is 5.26. The van der Waals surface area contributed by atoms with Gasteiger partial charge in [-0.3, -0.25) is 14.6 Å².